The fourth-order valence-corrected chi connectivity index (χ4v) is 1.56. The number of carbonyl (C=O) groups is 1. The van der Waals surface area contributed by atoms with Crippen molar-refractivity contribution < 1.29 is 18.3 Å². The molecule has 0 aliphatic heterocycles. The molecule has 0 unspecified atom stereocenters. The molecule has 1 aromatic rings. The van der Waals surface area contributed by atoms with Crippen LogP contribution in [0.1, 0.15) is 22.8 Å². The fraction of sp³-hybridized carbons (Fsp3) is 0.200. The highest BCUT2D eigenvalue weighted by molar-refractivity contribution is 9.10. The maximum atomic E-state index is 12.0. The van der Waals surface area contributed by atoms with Gasteiger partial charge in [-0.05, 0) is 28.9 Å². The SMILES string of the molecule is CC(=O)c1cc(Br)c(OC(F)F)cc1C#N. The molecular weight excluding hydrogens is 284 g/mol. The molecule has 0 radical (unpaired) electrons. The lowest BCUT2D eigenvalue weighted by Crippen LogP contribution is -2.05. The van der Waals surface area contributed by atoms with E-state index in [2.05, 4.69) is 20.7 Å². The molecule has 0 fully saturated rings. The molecule has 0 amide bonds. The van der Waals surface area contributed by atoms with Crippen molar-refractivity contribution >= 4 is 21.7 Å². The van der Waals surface area contributed by atoms with E-state index in [4.69, 9.17) is 5.26 Å². The molecule has 0 heterocycles. The zero-order valence-electron chi connectivity index (χ0n) is 8.13. The molecule has 1 rings (SSSR count). The first-order valence-electron chi connectivity index (χ1n) is 4.15. The van der Waals surface area contributed by atoms with Crippen LogP contribution in [-0.2, 0) is 0 Å². The van der Waals surface area contributed by atoms with Crippen LogP contribution in [0.25, 0.3) is 0 Å². The minimum atomic E-state index is -2.98. The van der Waals surface area contributed by atoms with Gasteiger partial charge in [0.05, 0.1) is 10.0 Å². The summed E-state index contributed by atoms with van der Waals surface area (Å²) >= 11 is 2.99. The zero-order valence-corrected chi connectivity index (χ0v) is 9.72. The Morgan fingerprint density at radius 3 is 2.62 bits per heavy atom. The van der Waals surface area contributed by atoms with Crippen LogP contribution in [0.4, 0.5) is 8.78 Å². The lowest BCUT2D eigenvalue weighted by molar-refractivity contribution is -0.0503. The highest BCUT2D eigenvalue weighted by Crippen LogP contribution is 2.30. The van der Waals surface area contributed by atoms with E-state index in [-0.39, 0.29) is 27.1 Å². The van der Waals surface area contributed by atoms with E-state index in [9.17, 15) is 13.6 Å². The number of nitrogens with zero attached hydrogens (tertiary/aromatic N) is 1. The number of alkyl halides is 2. The van der Waals surface area contributed by atoms with Crippen LogP contribution >= 0.6 is 15.9 Å². The molecule has 0 aliphatic rings. The number of carbonyl (C=O) groups excluding carboxylic acids is 1. The number of nitriles is 1. The van der Waals surface area contributed by atoms with Crippen LogP contribution in [0.15, 0.2) is 16.6 Å². The minimum absolute atomic E-state index is 0.00588. The number of rotatable bonds is 3. The fourth-order valence-electron chi connectivity index (χ4n) is 1.12. The second-order valence-electron chi connectivity index (χ2n) is 2.87. The van der Waals surface area contributed by atoms with Gasteiger partial charge in [-0.15, -0.1) is 0 Å². The summed E-state index contributed by atoms with van der Waals surface area (Å²) in [5, 5.41) is 8.76. The van der Waals surface area contributed by atoms with Crippen molar-refractivity contribution in [3.05, 3.63) is 27.7 Å². The summed E-state index contributed by atoms with van der Waals surface area (Å²) in [6.07, 6.45) is 0. The van der Waals surface area contributed by atoms with Crippen molar-refractivity contribution in [1.82, 2.24) is 0 Å². The maximum Gasteiger partial charge on any atom is 0.387 e. The highest BCUT2D eigenvalue weighted by atomic mass is 79.9. The number of ether oxygens (including phenoxy) is 1. The Hall–Kier alpha value is -1.48. The van der Waals surface area contributed by atoms with Crippen LogP contribution in [0.2, 0.25) is 0 Å². The summed E-state index contributed by atoms with van der Waals surface area (Å²) in [5.41, 5.74) is 0.169. The Morgan fingerprint density at radius 1 is 1.56 bits per heavy atom. The standard InChI is InChI=1S/C10H6BrF2NO2/c1-5(15)7-3-8(11)9(16-10(12)13)2-6(7)4-14/h2-3,10H,1H3. The van der Waals surface area contributed by atoms with Crippen LogP contribution in [-0.4, -0.2) is 12.4 Å². The largest absolute Gasteiger partial charge is 0.434 e. The highest BCUT2D eigenvalue weighted by Gasteiger charge is 2.14. The second-order valence-corrected chi connectivity index (χ2v) is 3.73. The number of ketones is 1. The van der Waals surface area contributed by atoms with E-state index >= 15 is 0 Å². The van der Waals surface area contributed by atoms with E-state index in [1.165, 1.54) is 13.0 Å². The summed E-state index contributed by atoms with van der Waals surface area (Å²) in [4.78, 5) is 11.1. The molecule has 0 spiro atoms. The number of benzene rings is 1. The summed E-state index contributed by atoms with van der Waals surface area (Å²) in [6.45, 7) is -1.69. The van der Waals surface area contributed by atoms with Gasteiger partial charge in [0.15, 0.2) is 5.78 Å². The van der Waals surface area contributed by atoms with Crippen LogP contribution in [0, 0.1) is 11.3 Å². The average molecular weight is 290 g/mol. The van der Waals surface area contributed by atoms with Crippen molar-refractivity contribution in [2.24, 2.45) is 0 Å². The Balaban J connectivity index is 3.27. The first kappa shape index (κ1) is 12.6. The van der Waals surface area contributed by atoms with E-state index in [1.54, 1.807) is 6.07 Å². The lowest BCUT2D eigenvalue weighted by Gasteiger charge is -2.09. The van der Waals surface area contributed by atoms with Crippen molar-refractivity contribution in [3.8, 4) is 11.8 Å². The minimum Gasteiger partial charge on any atom is -0.434 e. The Kier molecular flexibility index (Phi) is 3.96. The normalized spacial score (nSPS) is 10.0. The van der Waals surface area contributed by atoms with E-state index in [0.717, 1.165) is 6.07 Å². The topological polar surface area (TPSA) is 50.1 Å². The molecular formula is C10H6BrF2NO2. The molecule has 0 aromatic heterocycles. The molecule has 84 valence electrons. The van der Waals surface area contributed by atoms with Crippen LogP contribution < -0.4 is 4.74 Å². The maximum absolute atomic E-state index is 12.0. The molecule has 16 heavy (non-hydrogen) atoms. The molecule has 0 atom stereocenters. The van der Waals surface area contributed by atoms with E-state index in [1.807, 2.05) is 0 Å². The molecule has 1 aromatic carbocycles. The molecule has 0 bridgehead atoms. The average Bonchev–Trinajstić information content (AvgIpc) is 2.19. The molecule has 6 heteroatoms. The first-order chi connectivity index (χ1) is 7.45. The van der Waals surface area contributed by atoms with Gasteiger partial charge in [0.25, 0.3) is 0 Å². The van der Waals surface area contributed by atoms with Crippen molar-refractivity contribution in [2.75, 3.05) is 0 Å². The number of Topliss-reactive ketones (excluding diaryl/α,β-unsaturated/α-hetero) is 1. The van der Waals surface area contributed by atoms with Gasteiger partial charge in [-0.25, -0.2) is 0 Å². The Morgan fingerprint density at radius 2 is 2.19 bits per heavy atom. The Labute approximate surface area is 98.8 Å². The van der Waals surface area contributed by atoms with E-state index < -0.39 is 6.61 Å². The summed E-state index contributed by atoms with van der Waals surface area (Å²) in [5.74, 6) is -0.489. The lowest BCUT2D eigenvalue weighted by atomic mass is 10.1. The third kappa shape index (κ3) is 2.76. The number of halogens is 3. The first-order valence-corrected chi connectivity index (χ1v) is 4.94. The number of hydrogen-bond acceptors (Lipinski definition) is 3. The zero-order chi connectivity index (χ0) is 12.3. The predicted molar refractivity (Wildman–Crippen MR) is 55.5 cm³/mol. The summed E-state index contributed by atoms with van der Waals surface area (Å²) < 4.78 is 28.4. The Bertz CT molecular complexity index is 469. The van der Waals surface area contributed by atoms with Gasteiger partial charge in [-0.3, -0.25) is 4.79 Å². The van der Waals surface area contributed by atoms with Crippen molar-refractivity contribution in [1.29, 1.82) is 5.26 Å². The van der Waals surface area contributed by atoms with Gasteiger partial charge in [-0.2, -0.15) is 14.0 Å². The van der Waals surface area contributed by atoms with Gasteiger partial charge in [0, 0.05) is 11.6 Å². The van der Waals surface area contributed by atoms with Gasteiger partial charge >= 0.3 is 6.61 Å². The van der Waals surface area contributed by atoms with Crippen molar-refractivity contribution in [3.63, 3.8) is 0 Å². The van der Waals surface area contributed by atoms with Crippen LogP contribution in [0.3, 0.4) is 0 Å². The summed E-state index contributed by atoms with van der Waals surface area (Å²) in [7, 11) is 0. The summed E-state index contributed by atoms with van der Waals surface area (Å²) in [6, 6.07) is 4.15. The third-order valence-electron chi connectivity index (χ3n) is 1.79. The smallest absolute Gasteiger partial charge is 0.387 e. The monoisotopic (exact) mass is 289 g/mol. The predicted octanol–water partition coefficient (Wildman–Crippen LogP) is 3.12. The van der Waals surface area contributed by atoms with Crippen LogP contribution in [0.5, 0.6) is 5.75 Å². The number of hydrogen-bond donors (Lipinski definition) is 0. The van der Waals surface area contributed by atoms with Crippen molar-refractivity contribution in [2.45, 2.75) is 13.5 Å². The van der Waals surface area contributed by atoms with E-state index in [0.29, 0.717) is 0 Å². The third-order valence-corrected chi connectivity index (χ3v) is 2.41. The molecule has 0 aliphatic carbocycles. The quantitative estimate of drug-likeness (QED) is 0.804. The van der Waals surface area contributed by atoms with Gasteiger partial charge < -0.3 is 4.74 Å². The second kappa shape index (κ2) is 5.03. The molecule has 0 saturated carbocycles. The van der Waals surface area contributed by atoms with Gasteiger partial charge in [0.2, 0.25) is 0 Å². The van der Waals surface area contributed by atoms with Gasteiger partial charge in [-0.1, -0.05) is 0 Å². The molecule has 0 saturated heterocycles. The molecule has 3 nitrogen and oxygen atoms in total. The molecule has 0 N–H and O–H groups in total. The van der Waals surface area contributed by atoms with Gasteiger partial charge in [0.1, 0.15) is 11.8 Å².